The molecule has 1 saturated heterocycles. The van der Waals surface area contributed by atoms with E-state index in [9.17, 15) is 8.42 Å². The molecule has 1 N–H and O–H groups in total. The van der Waals surface area contributed by atoms with E-state index in [1.165, 1.54) is 10.6 Å². The van der Waals surface area contributed by atoms with Crippen molar-refractivity contribution in [2.24, 2.45) is 0 Å². The summed E-state index contributed by atoms with van der Waals surface area (Å²) >= 11 is 0. The first kappa shape index (κ1) is 16.1. The minimum absolute atomic E-state index is 0.173. The highest BCUT2D eigenvalue weighted by Crippen LogP contribution is 2.14. The van der Waals surface area contributed by atoms with Crippen molar-refractivity contribution < 1.29 is 13.2 Å². The molecule has 1 aromatic heterocycles. The minimum atomic E-state index is -3.16. The van der Waals surface area contributed by atoms with Gasteiger partial charge in [0.2, 0.25) is 10.0 Å². The van der Waals surface area contributed by atoms with Crippen LogP contribution in [0.5, 0.6) is 0 Å². The van der Waals surface area contributed by atoms with Gasteiger partial charge in [0.1, 0.15) is 11.6 Å². The standard InChI is InChI=1S/C13H22N4O3S/c1-4-11-7-14-10(2)16-13(11)15-8-12-9-17(5-6-20-12)21(3,18)19/h7,12H,4-6,8-9H2,1-3H3,(H,14,15,16). The summed E-state index contributed by atoms with van der Waals surface area (Å²) in [7, 11) is -3.16. The number of aryl methyl sites for hydroxylation is 2. The Balaban J connectivity index is 1.98. The Bertz CT molecular complexity index is 591. The van der Waals surface area contributed by atoms with Crippen LogP contribution in [0.1, 0.15) is 18.3 Å². The summed E-state index contributed by atoms with van der Waals surface area (Å²) in [6.45, 7) is 5.62. The van der Waals surface area contributed by atoms with E-state index in [0.29, 0.717) is 32.1 Å². The molecule has 2 rings (SSSR count). The molecule has 0 bridgehead atoms. The van der Waals surface area contributed by atoms with Gasteiger partial charge in [-0.15, -0.1) is 0 Å². The molecule has 0 amide bonds. The Morgan fingerprint density at radius 2 is 2.29 bits per heavy atom. The first-order chi connectivity index (χ1) is 9.90. The largest absolute Gasteiger partial charge is 0.374 e. The monoisotopic (exact) mass is 314 g/mol. The van der Waals surface area contributed by atoms with E-state index in [1.807, 2.05) is 20.0 Å². The highest BCUT2D eigenvalue weighted by molar-refractivity contribution is 7.88. The number of morpholine rings is 1. The van der Waals surface area contributed by atoms with Crippen LogP contribution in [-0.2, 0) is 21.2 Å². The Labute approximate surface area is 125 Å². The predicted octanol–water partition coefficient (Wildman–Crippen LogP) is 0.420. The lowest BCUT2D eigenvalue weighted by atomic mass is 10.2. The van der Waals surface area contributed by atoms with Gasteiger partial charge in [0.25, 0.3) is 0 Å². The Kier molecular flexibility index (Phi) is 5.13. The number of hydrogen-bond donors (Lipinski definition) is 1. The van der Waals surface area contributed by atoms with Crippen LogP contribution in [0.2, 0.25) is 0 Å². The third kappa shape index (κ3) is 4.36. The number of sulfonamides is 1. The SMILES string of the molecule is CCc1cnc(C)nc1NCC1CN(S(C)(=O)=O)CCO1. The fraction of sp³-hybridized carbons (Fsp3) is 0.692. The van der Waals surface area contributed by atoms with Crippen LogP contribution in [0.3, 0.4) is 0 Å². The van der Waals surface area contributed by atoms with Crippen molar-refractivity contribution in [3.8, 4) is 0 Å². The molecule has 2 heterocycles. The van der Waals surface area contributed by atoms with E-state index in [1.54, 1.807) is 0 Å². The molecule has 21 heavy (non-hydrogen) atoms. The van der Waals surface area contributed by atoms with E-state index >= 15 is 0 Å². The molecule has 118 valence electrons. The normalized spacial score (nSPS) is 20.4. The molecule has 1 unspecified atom stereocenters. The average Bonchev–Trinajstić information content (AvgIpc) is 2.45. The van der Waals surface area contributed by atoms with Gasteiger partial charge in [0, 0.05) is 31.4 Å². The number of aromatic nitrogens is 2. The number of anilines is 1. The zero-order valence-corrected chi connectivity index (χ0v) is 13.5. The summed E-state index contributed by atoms with van der Waals surface area (Å²) in [5.74, 6) is 1.50. The van der Waals surface area contributed by atoms with E-state index in [2.05, 4.69) is 15.3 Å². The van der Waals surface area contributed by atoms with Crippen molar-refractivity contribution in [3.63, 3.8) is 0 Å². The van der Waals surface area contributed by atoms with Gasteiger partial charge in [-0.3, -0.25) is 0 Å². The Hall–Kier alpha value is -1.25. The Morgan fingerprint density at radius 1 is 1.52 bits per heavy atom. The molecule has 0 radical (unpaired) electrons. The van der Waals surface area contributed by atoms with Crippen LogP contribution < -0.4 is 5.32 Å². The van der Waals surface area contributed by atoms with Gasteiger partial charge < -0.3 is 10.1 Å². The maximum absolute atomic E-state index is 11.6. The number of hydrogen-bond acceptors (Lipinski definition) is 6. The van der Waals surface area contributed by atoms with Crippen molar-refractivity contribution in [2.75, 3.05) is 37.8 Å². The summed E-state index contributed by atoms with van der Waals surface area (Å²) in [5.41, 5.74) is 1.04. The second-order valence-corrected chi connectivity index (χ2v) is 7.12. The van der Waals surface area contributed by atoms with Crippen LogP contribution in [0, 0.1) is 6.92 Å². The first-order valence-electron chi connectivity index (χ1n) is 7.03. The van der Waals surface area contributed by atoms with Crippen molar-refractivity contribution in [1.82, 2.24) is 14.3 Å². The van der Waals surface area contributed by atoms with E-state index in [4.69, 9.17) is 4.74 Å². The first-order valence-corrected chi connectivity index (χ1v) is 8.88. The average molecular weight is 314 g/mol. The van der Waals surface area contributed by atoms with Gasteiger partial charge in [-0.25, -0.2) is 18.4 Å². The van der Waals surface area contributed by atoms with Gasteiger partial charge in [0.15, 0.2) is 0 Å². The number of rotatable bonds is 5. The molecule has 0 spiro atoms. The van der Waals surface area contributed by atoms with E-state index in [-0.39, 0.29) is 6.10 Å². The minimum Gasteiger partial charge on any atom is -0.374 e. The fourth-order valence-electron chi connectivity index (χ4n) is 2.23. The molecule has 0 aromatic carbocycles. The molecule has 0 saturated carbocycles. The molecule has 1 fully saturated rings. The maximum atomic E-state index is 11.6. The fourth-order valence-corrected chi connectivity index (χ4v) is 3.08. The summed E-state index contributed by atoms with van der Waals surface area (Å²) in [6, 6.07) is 0. The van der Waals surface area contributed by atoms with Crippen molar-refractivity contribution in [1.29, 1.82) is 0 Å². The summed E-state index contributed by atoms with van der Waals surface area (Å²) in [4.78, 5) is 8.57. The lowest BCUT2D eigenvalue weighted by molar-refractivity contribution is 0.00699. The van der Waals surface area contributed by atoms with Gasteiger partial charge in [-0.1, -0.05) is 6.92 Å². The zero-order valence-electron chi connectivity index (χ0n) is 12.7. The Morgan fingerprint density at radius 3 is 2.95 bits per heavy atom. The third-order valence-corrected chi connectivity index (χ3v) is 4.70. The number of nitrogens with zero attached hydrogens (tertiary/aromatic N) is 3. The highest BCUT2D eigenvalue weighted by Gasteiger charge is 2.26. The molecule has 7 nitrogen and oxygen atoms in total. The predicted molar refractivity (Wildman–Crippen MR) is 80.8 cm³/mol. The van der Waals surface area contributed by atoms with Gasteiger partial charge in [0.05, 0.1) is 19.0 Å². The van der Waals surface area contributed by atoms with Crippen LogP contribution >= 0.6 is 0 Å². The third-order valence-electron chi connectivity index (χ3n) is 3.43. The van der Waals surface area contributed by atoms with Crippen molar-refractivity contribution in [2.45, 2.75) is 26.4 Å². The quantitative estimate of drug-likeness (QED) is 0.848. The summed E-state index contributed by atoms with van der Waals surface area (Å²) < 4.78 is 30.2. The molecule has 1 aliphatic heterocycles. The molecular formula is C13H22N4O3S. The van der Waals surface area contributed by atoms with Crippen molar-refractivity contribution >= 4 is 15.8 Å². The van der Waals surface area contributed by atoms with Gasteiger partial charge in [-0.2, -0.15) is 4.31 Å². The van der Waals surface area contributed by atoms with Crippen molar-refractivity contribution in [3.05, 3.63) is 17.6 Å². The number of ether oxygens (including phenoxy) is 1. The van der Waals surface area contributed by atoms with Crippen LogP contribution in [0.25, 0.3) is 0 Å². The molecule has 0 aliphatic carbocycles. The molecule has 1 aromatic rings. The number of nitrogens with one attached hydrogen (secondary N) is 1. The summed E-state index contributed by atoms with van der Waals surface area (Å²) in [6.07, 6.45) is 3.71. The van der Waals surface area contributed by atoms with Crippen LogP contribution in [0.4, 0.5) is 5.82 Å². The lowest BCUT2D eigenvalue weighted by Crippen LogP contribution is -2.47. The van der Waals surface area contributed by atoms with Crippen LogP contribution in [-0.4, -0.2) is 61.3 Å². The van der Waals surface area contributed by atoms with Crippen LogP contribution in [0.15, 0.2) is 6.20 Å². The van der Waals surface area contributed by atoms with Gasteiger partial charge in [-0.05, 0) is 13.3 Å². The van der Waals surface area contributed by atoms with E-state index < -0.39 is 10.0 Å². The van der Waals surface area contributed by atoms with Gasteiger partial charge >= 0.3 is 0 Å². The molecule has 1 aliphatic rings. The second-order valence-electron chi connectivity index (χ2n) is 5.14. The smallest absolute Gasteiger partial charge is 0.211 e. The highest BCUT2D eigenvalue weighted by atomic mass is 32.2. The lowest BCUT2D eigenvalue weighted by Gasteiger charge is -2.31. The summed E-state index contributed by atoms with van der Waals surface area (Å²) in [5, 5.41) is 3.25. The van der Waals surface area contributed by atoms with E-state index in [0.717, 1.165) is 17.8 Å². The second kappa shape index (κ2) is 6.67. The molecular weight excluding hydrogens is 292 g/mol. The zero-order chi connectivity index (χ0) is 15.5. The maximum Gasteiger partial charge on any atom is 0.211 e. The molecule has 1 atom stereocenters. The molecule has 8 heteroatoms. The topological polar surface area (TPSA) is 84.4 Å².